The summed E-state index contributed by atoms with van der Waals surface area (Å²) in [5.74, 6) is -2.73. The Kier molecular flexibility index (Phi) is 14.3. The largest absolute Gasteiger partial charge is 0.467 e. The molecule has 0 amide bonds. The number of hydrogen-bond donors (Lipinski definition) is 3. The van der Waals surface area contributed by atoms with Gasteiger partial charge >= 0.3 is 11.9 Å². The number of rotatable bonds is 19. The first-order valence-corrected chi connectivity index (χ1v) is 16.9. The molecule has 1 unspecified atom stereocenters. The standard InChI is InChI=1S/C32H38ClF2N3O8S/c1-20(38-21(2)31(40)22-13-23(34)15-24(35)14-22)19-46-30(39)10-6-4-3-5-7-11-45-32(41)26-16-29(47(36,42)43)27(33)17-28(26)37-18-25-9-8-12-44-25/h8-9,12-17,20-21,37-38H,3-7,10-11,18-19H2,1-2H3,(H2,36,42,43)/t20?,21-/m0/s1. The molecule has 0 bridgehead atoms. The van der Waals surface area contributed by atoms with Gasteiger partial charge < -0.3 is 24.5 Å². The summed E-state index contributed by atoms with van der Waals surface area (Å²) in [4.78, 5) is 37.0. The number of anilines is 1. The van der Waals surface area contributed by atoms with Crippen molar-refractivity contribution in [3.63, 3.8) is 0 Å². The van der Waals surface area contributed by atoms with Gasteiger partial charge in [-0.15, -0.1) is 0 Å². The zero-order chi connectivity index (χ0) is 34.6. The minimum Gasteiger partial charge on any atom is -0.467 e. The number of esters is 2. The molecule has 4 N–H and O–H groups in total. The third-order valence-corrected chi connectivity index (χ3v) is 8.33. The number of halogens is 3. The molecule has 0 aliphatic heterocycles. The number of carbonyl (C=O) groups excluding carboxylic acids is 3. The van der Waals surface area contributed by atoms with Crippen molar-refractivity contribution >= 4 is 45.0 Å². The highest BCUT2D eigenvalue weighted by atomic mass is 35.5. The van der Waals surface area contributed by atoms with Gasteiger partial charge in [-0.3, -0.25) is 9.59 Å². The summed E-state index contributed by atoms with van der Waals surface area (Å²) >= 11 is 6.11. The van der Waals surface area contributed by atoms with Gasteiger partial charge in [-0.05, 0) is 63.1 Å². The molecule has 11 nitrogen and oxygen atoms in total. The second-order valence-corrected chi connectivity index (χ2v) is 12.9. The van der Waals surface area contributed by atoms with Crippen LogP contribution in [0.15, 0.2) is 58.0 Å². The zero-order valence-corrected chi connectivity index (χ0v) is 27.6. The monoisotopic (exact) mass is 697 g/mol. The van der Waals surface area contributed by atoms with Gasteiger partial charge in [0.1, 0.15) is 28.9 Å². The lowest BCUT2D eigenvalue weighted by atomic mass is 10.0. The highest BCUT2D eigenvalue weighted by Crippen LogP contribution is 2.29. The summed E-state index contributed by atoms with van der Waals surface area (Å²) in [5, 5.41) is 11.1. The summed E-state index contributed by atoms with van der Waals surface area (Å²) in [5.41, 5.74) is 0.120. The Morgan fingerprint density at radius 1 is 0.979 bits per heavy atom. The number of carbonyl (C=O) groups is 3. The van der Waals surface area contributed by atoms with Gasteiger partial charge in [0.25, 0.3) is 0 Å². The normalized spacial score (nSPS) is 12.7. The van der Waals surface area contributed by atoms with E-state index in [1.165, 1.54) is 12.3 Å². The maximum absolute atomic E-state index is 13.4. The van der Waals surface area contributed by atoms with Crippen molar-refractivity contribution < 1.29 is 45.5 Å². The molecule has 256 valence electrons. The zero-order valence-electron chi connectivity index (χ0n) is 26.0. The molecule has 3 rings (SSSR count). The Morgan fingerprint density at radius 2 is 1.66 bits per heavy atom. The number of nitrogens with one attached hydrogen (secondary N) is 2. The molecule has 0 saturated heterocycles. The summed E-state index contributed by atoms with van der Waals surface area (Å²) in [6.45, 7) is 3.60. The van der Waals surface area contributed by atoms with Crippen LogP contribution in [0.2, 0.25) is 5.02 Å². The topological polar surface area (TPSA) is 167 Å². The second kappa shape index (κ2) is 17.9. The molecule has 0 aliphatic rings. The number of Topliss-reactive ketones (excluding diaryl/α,β-unsaturated/α-hetero) is 1. The van der Waals surface area contributed by atoms with E-state index in [1.807, 2.05) is 0 Å². The Morgan fingerprint density at radius 3 is 2.32 bits per heavy atom. The van der Waals surface area contributed by atoms with Gasteiger partial charge in [0.05, 0.1) is 41.7 Å². The molecule has 0 saturated carbocycles. The first kappa shape index (κ1) is 37.6. The Bertz CT molecular complexity index is 1620. The van der Waals surface area contributed by atoms with Gasteiger partial charge in [-0.2, -0.15) is 0 Å². The van der Waals surface area contributed by atoms with Crippen molar-refractivity contribution in [2.75, 3.05) is 18.5 Å². The molecule has 2 aromatic carbocycles. The molecule has 0 radical (unpaired) electrons. The Hall–Kier alpha value is -3.85. The van der Waals surface area contributed by atoms with Gasteiger partial charge in [0.15, 0.2) is 5.78 Å². The van der Waals surface area contributed by atoms with Gasteiger partial charge in [0, 0.05) is 24.1 Å². The van der Waals surface area contributed by atoms with Crippen LogP contribution in [0.4, 0.5) is 14.5 Å². The van der Waals surface area contributed by atoms with Gasteiger partial charge in [-0.1, -0.05) is 30.9 Å². The number of hydrogen-bond acceptors (Lipinski definition) is 10. The van der Waals surface area contributed by atoms with Crippen LogP contribution in [-0.2, 0) is 30.8 Å². The maximum atomic E-state index is 13.4. The molecular formula is C32H38ClF2N3O8S. The van der Waals surface area contributed by atoms with E-state index in [0.29, 0.717) is 24.7 Å². The smallest absolute Gasteiger partial charge is 0.340 e. The number of ketones is 1. The summed E-state index contributed by atoms with van der Waals surface area (Å²) in [7, 11) is -4.19. The van der Waals surface area contributed by atoms with Crippen molar-refractivity contribution in [2.45, 2.75) is 75.9 Å². The molecular weight excluding hydrogens is 660 g/mol. The average Bonchev–Trinajstić information content (AvgIpc) is 3.52. The number of furan rings is 1. The van der Waals surface area contributed by atoms with Crippen molar-refractivity contribution in [2.24, 2.45) is 5.14 Å². The number of benzene rings is 2. The SMILES string of the molecule is CC(COC(=O)CCCCCCCOC(=O)c1cc(S(N)(=O)=O)c(Cl)cc1NCc1ccco1)N[C@@H](C)C(=O)c1cc(F)cc(F)c1. The molecule has 15 heteroatoms. The van der Waals surface area contributed by atoms with Crippen molar-refractivity contribution in [3.05, 3.63) is 82.3 Å². The number of nitrogens with two attached hydrogens (primary N) is 1. The third kappa shape index (κ3) is 12.4. The summed E-state index contributed by atoms with van der Waals surface area (Å²) in [6.07, 6.45) is 5.06. The van der Waals surface area contributed by atoms with Crippen LogP contribution in [0, 0.1) is 11.6 Å². The summed E-state index contributed by atoms with van der Waals surface area (Å²) in [6, 6.07) is 7.30. The van der Waals surface area contributed by atoms with E-state index in [2.05, 4.69) is 10.6 Å². The number of sulfonamides is 1. The molecule has 1 aromatic heterocycles. The molecule has 47 heavy (non-hydrogen) atoms. The van der Waals surface area contributed by atoms with E-state index in [9.17, 15) is 31.6 Å². The molecule has 3 aromatic rings. The molecule has 0 aliphatic carbocycles. The number of unbranched alkanes of at least 4 members (excludes halogenated alkanes) is 4. The van der Waals surface area contributed by atoms with E-state index in [0.717, 1.165) is 37.5 Å². The highest BCUT2D eigenvalue weighted by Gasteiger charge is 2.22. The van der Waals surface area contributed by atoms with Crippen LogP contribution >= 0.6 is 11.6 Å². The fourth-order valence-corrected chi connectivity index (χ4v) is 5.71. The lowest BCUT2D eigenvalue weighted by Gasteiger charge is -2.19. The molecule has 1 heterocycles. The number of ether oxygens (including phenoxy) is 2. The van der Waals surface area contributed by atoms with Crippen LogP contribution in [0.5, 0.6) is 0 Å². The van der Waals surface area contributed by atoms with Crippen molar-refractivity contribution in [3.8, 4) is 0 Å². The minimum absolute atomic E-state index is 0.0196. The fourth-order valence-electron chi connectivity index (χ4n) is 4.61. The highest BCUT2D eigenvalue weighted by molar-refractivity contribution is 7.89. The van der Waals surface area contributed by atoms with Crippen LogP contribution < -0.4 is 15.8 Å². The van der Waals surface area contributed by atoms with E-state index in [4.69, 9.17) is 30.6 Å². The van der Waals surface area contributed by atoms with Gasteiger partial charge in [-0.25, -0.2) is 27.1 Å². The fraction of sp³-hybridized carbons (Fsp3) is 0.406. The predicted molar refractivity (Wildman–Crippen MR) is 171 cm³/mol. The van der Waals surface area contributed by atoms with E-state index >= 15 is 0 Å². The first-order valence-electron chi connectivity index (χ1n) is 15.0. The molecule has 0 fully saturated rings. The van der Waals surface area contributed by atoms with Crippen molar-refractivity contribution in [1.29, 1.82) is 0 Å². The average molecular weight is 698 g/mol. The van der Waals surface area contributed by atoms with Crippen LogP contribution in [0.1, 0.15) is 78.8 Å². The second-order valence-electron chi connectivity index (χ2n) is 11.0. The first-order chi connectivity index (χ1) is 22.2. The van der Waals surface area contributed by atoms with Crippen LogP contribution in [0.3, 0.4) is 0 Å². The number of primary sulfonamides is 1. The quantitative estimate of drug-likeness (QED) is 0.0796. The third-order valence-electron chi connectivity index (χ3n) is 6.96. The Labute approximate surface area is 277 Å². The molecule has 0 spiro atoms. The van der Waals surface area contributed by atoms with Crippen molar-refractivity contribution in [1.82, 2.24) is 5.32 Å². The maximum Gasteiger partial charge on any atom is 0.340 e. The van der Waals surface area contributed by atoms with Crippen LogP contribution in [-0.4, -0.2) is 51.4 Å². The Balaban J connectivity index is 1.33. The predicted octanol–water partition coefficient (Wildman–Crippen LogP) is 5.76. The van der Waals surface area contributed by atoms with Gasteiger partial charge in [0.2, 0.25) is 10.0 Å². The lowest BCUT2D eigenvalue weighted by molar-refractivity contribution is -0.144. The minimum atomic E-state index is -4.19. The van der Waals surface area contributed by atoms with E-state index < -0.39 is 50.3 Å². The van der Waals surface area contributed by atoms with E-state index in [-0.39, 0.29) is 54.1 Å². The lowest BCUT2D eigenvalue weighted by Crippen LogP contribution is -2.42. The molecule has 2 atom stereocenters. The van der Waals surface area contributed by atoms with E-state index in [1.54, 1.807) is 26.0 Å². The van der Waals surface area contributed by atoms with Crippen LogP contribution in [0.25, 0.3) is 0 Å². The summed E-state index contributed by atoms with van der Waals surface area (Å²) < 4.78 is 66.7.